The van der Waals surface area contributed by atoms with Crippen LogP contribution in [0.1, 0.15) is 13.8 Å². The number of fused-ring (bicyclic) bond motifs is 1. The lowest BCUT2D eigenvalue weighted by Crippen LogP contribution is -2.26. The Morgan fingerprint density at radius 1 is 1.19 bits per heavy atom. The molecule has 3 aromatic rings. The largest absolute Gasteiger partial charge is 0.495 e. The fourth-order valence-corrected chi connectivity index (χ4v) is 4.11. The lowest BCUT2D eigenvalue weighted by atomic mass is 10.2. The molecule has 0 aliphatic heterocycles. The molecule has 0 fully saturated rings. The van der Waals surface area contributed by atoms with Gasteiger partial charge in [-0.25, -0.2) is 4.98 Å². The molecule has 0 bridgehead atoms. The van der Waals surface area contributed by atoms with E-state index in [1.807, 2.05) is 26.0 Å². The Hall–Kier alpha value is -2.71. The zero-order valence-corrected chi connectivity index (χ0v) is 19.3. The number of amides is 1. The zero-order chi connectivity index (χ0) is 22.5. The molecule has 0 radical (unpaired) electrons. The van der Waals surface area contributed by atoms with Gasteiger partial charge in [-0.2, -0.15) is 0 Å². The van der Waals surface area contributed by atoms with Gasteiger partial charge >= 0.3 is 0 Å². The van der Waals surface area contributed by atoms with E-state index < -0.39 is 0 Å². The Morgan fingerprint density at radius 2 is 1.90 bits per heavy atom. The standard InChI is InChI=1S/C22H24ClN3O4S/c1-13(2)11-26-21(28)14-7-5-6-8-16(14)25-22(26)31-12-20(27)24-17-9-15(23)18(29-3)10-19(17)30-4/h5-10,13H,11-12H2,1-4H3,(H,24,27). The molecule has 0 aliphatic rings. The second-order valence-electron chi connectivity index (χ2n) is 7.25. The number of carbonyl (C=O) groups excluding carboxylic acids is 1. The minimum atomic E-state index is -0.275. The number of nitrogens with zero attached hydrogens (tertiary/aromatic N) is 2. The van der Waals surface area contributed by atoms with Crippen molar-refractivity contribution >= 4 is 45.9 Å². The Morgan fingerprint density at radius 3 is 2.58 bits per heavy atom. The molecule has 3 rings (SSSR count). The van der Waals surface area contributed by atoms with E-state index in [1.165, 1.54) is 26.0 Å². The fraction of sp³-hybridized carbons (Fsp3) is 0.318. The first-order chi connectivity index (χ1) is 14.8. The minimum Gasteiger partial charge on any atom is -0.495 e. The van der Waals surface area contributed by atoms with Gasteiger partial charge in [0.2, 0.25) is 5.91 Å². The molecular formula is C22H24ClN3O4S. The topological polar surface area (TPSA) is 82.5 Å². The normalized spacial score (nSPS) is 11.0. The molecule has 0 saturated carbocycles. The Bertz CT molecular complexity index is 1160. The second-order valence-corrected chi connectivity index (χ2v) is 8.59. The first kappa shape index (κ1) is 23.0. The maximum atomic E-state index is 13.0. The SMILES string of the molecule is COc1cc(OC)c(NC(=O)CSc2nc3ccccc3c(=O)n2CC(C)C)cc1Cl. The van der Waals surface area contributed by atoms with Crippen LogP contribution >= 0.6 is 23.4 Å². The van der Waals surface area contributed by atoms with Crippen LogP contribution in [-0.2, 0) is 11.3 Å². The molecular weight excluding hydrogens is 438 g/mol. The van der Waals surface area contributed by atoms with Crippen molar-refractivity contribution in [3.63, 3.8) is 0 Å². The van der Waals surface area contributed by atoms with Gasteiger partial charge in [0.05, 0.1) is 41.6 Å². The van der Waals surface area contributed by atoms with Crippen LogP contribution in [0.3, 0.4) is 0 Å². The summed E-state index contributed by atoms with van der Waals surface area (Å²) in [5.41, 5.74) is 0.940. The third-order valence-electron chi connectivity index (χ3n) is 4.45. The van der Waals surface area contributed by atoms with Crippen molar-refractivity contribution in [3.05, 3.63) is 51.8 Å². The maximum Gasteiger partial charge on any atom is 0.262 e. The van der Waals surface area contributed by atoms with Crippen molar-refractivity contribution in [2.45, 2.75) is 25.5 Å². The van der Waals surface area contributed by atoms with Crippen LogP contribution in [-0.4, -0.2) is 35.4 Å². The van der Waals surface area contributed by atoms with Crippen molar-refractivity contribution < 1.29 is 14.3 Å². The monoisotopic (exact) mass is 461 g/mol. The molecule has 0 aliphatic carbocycles. The van der Waals surface area contributed by atoms with E-state index in [1.54, 1.807) is 28.8 Å². The smallest absolute Gasteiger partial charge is 0.262 e. The minimum absolute atomic E-state index is 0.0652. The maximum absolute atomic E-state index is 13.0. The highest BCUT2D eigenvalue weighted by molar-refractivity contribution is 7.99. The van der Waals surface area contributed by atoms with Gasteiger partial charge in [-0.1, -0.05) is 49.3 Å². The zero-order valence-electron chi connectivity index (χ0n) is 17.8. The van der Waals surface area contributed by atoms with Crippen LogP contribution in [0.15, 0.2) is 46.3 Å². The van der Waals surface area contributed by atoms with Crippen LogP contribution in [0.25, 0.3) is 10.9 Å². The average Bonchev–Trinajstić information content (AvgIpc) is 2.74. The molecule has 1 aromatic heterocycles. The highest BCUT2D eigenvalue weighted by Gasteiger charge is 2.16. The first-order valence-electron chi connectivity index (χ1n) is 9.67. The van der Waals surface area contributed by atoms with Gasteiger partial charge in [0, 0.05) is 12.6 Å². The summed E-state index contributed by atoms with van der Waals surface area (Å²) in [6.45, 7) is 4.58. The number of hydrogen-bond acceptors (Lipinski definition) is 6. The molecule has 7 nitrogen and oxygen atoms in total. The van der Waals surface area contributed by atoms with Crippen LogP contribution in [0.5, 0.6) is 11.5 Å². The quantitative estimate of drug-likeness (QED) is 0.394. The van der Waals surface area contributed by atoms with Crippen molar-refractivity contribution in [1.82, 2.24) is 9.55 Å². The molecule has 2 aromatic carbocycles. The molecule has 0 saturated heterocycles. The van der Waals surface area contributed by atoms with Gasteiger partial charge in [-0.15, -0.1) is 0 Å². The van der Waals surface area contributed by atoms with Crippen LogP contribution in [0.2, 0.25) is 5.02 Å². The summed E-state index contributed by atoms with van der Waals surface area (Å²) in [4.78, 5) is 30.2. The third kappa shape index (κ3) is 5.32. The van der Waals surface area contributed by atoms with E-state index in [-0.39, 0.29) is 23.1 Å². The average molecular weight is 462 g/mol. The van der Waals surface area contributed by atoms with Crippen LogP contribution in [0.4, 0.5) is 5.69 Å². The molecule has 164 valence electrons. The van der Waals surface area contributed by atoms with E-state index >= 15 is 0 Å². The summed E-state index contributed by atoms with van der Waals surface area (Å²) in [5, 5.41) is 4.22. The van der Waals surface area contributed by atoms with E-state index in [0.29, 0.717) is 44.8 Å². The van der Waals surface area contributed by atoms with Gasteiger partial charge in [0.15, 0.2) is 5.16 Å². The number of nitrogens with one attached hydrogen (secondary N) is 1. The van der Waals surface area contributed by atoms with E-state index in [0.717, 1.165) is 0 Å². The summed E-state index contributed by atoms with van der Waals surface area (Å²) >= 11 is 7.38. The highest BCUT2D eigenvalue weighted by Crippen LogP contribution is 2.36. The van der Waals surface area contributed by atoms with Crippen molar-refractivity contribution in [1.29, 1.82) is 0 Å². The highest BCUT2D eigenvalue weighted by atomic mass is 35.5. The van der Waals surface area contributed by atoms with Crippen molar-refractivity contribution in [2.24, 2.45) is 5.92 Å². The Labute approximate surface area is 189 Å². The summed E-state index contributed by atoms with van der Waals surface area (Å²) in [7, 11) is 3.00. The molecule has 1 N–H and O–H groups in total. The number of halogens is 1. The van der Waals surface area contributed by atoms with Gasteiger partial charge in [0.1, 0.15) is 11.5 Å². The van der Waals surface area contributed by atoms with Crippen molar-refractivity contribution in [3.8, 4) is 11.5 Å². The van der Waals surface area contributed by atoms with E-state index in [4.69, 9.17) is 21.1 Å². The molecule has 9 heteroatoms. The van der Waals surface area contributed by atoms with Crippen LogP contribution < -0.4 is 20.3 Å². The van der Waals surface area contributed by atoms with E-state index in [2.05, 4.69) is 10.3 Å². The lowest BCUT2D eigenvalue weighted by Gasteiger charge is -2.15. The predicted octanol–water partition coefficient (Wildman–Crippen LogP) is 4.45. The number of carbonyl (C=O) groups is 1. The number of para-hydroxylation sites is 1. The number of benzene rings is 2. The Balaban J connectivity index is 1.83. The number of anilines is 1. The van der Waals surface area contributed by atoms with Crippen molar-refractivity contribution in [2.75, 3.05) is 25.3 Å². The van der Waals surface area contributed by atoms with Gasteiger partial charge < -0.3 is 14.8 Å². The number of aromatic nitrogens is 2. The van der Waals surface area contributed by atoms with Gasteiger partial charge in [0.25, 0.3) is 5.56 Å². The predicted molar refractivity (Wildman–Crippen MR) is 125 cm³/mol. The molecule has 1 amide bonds. The van der Waals surface area contributed by atoms with Crippen LogP contribution in [0, 0.1) is 5.92 Å². The summed E-state index contributed by atoms with van der Waals surface area (Å²) in [5.74, 6) is 0.919. The summed E-state index contributed by atoms with van der Waals surface area (Å²) in [6.07, 6.45) is 0. The molecule has 1 heterocycles. The molecule has 0 atom stereocenters. The van der Waals surface area contributed by atoms with Gasteiger partial charge in [-0.05, 0) is 24.1 Å². The number of methoxy groups -OCH3 is 2. The third-order valence-corrected chi connectivity index (χ3v) is 5.73. The first-order valence-corrected chi connectivity index (χ1v) is 11.0. The number of rotatable bonds is 8. The summed E-state index contributed by atoms with van der Waals surface area (Å²) in [6, 6.07) is 10.4. The van der Waals surface area contributed by atoms with Gasteiger partial charge in [-0.3, -0.25) is 14.2 Å². The summed E-state index contributed by atoms with van der Waals surface area (Å²) < 4.78 is 12.1. The molecule has 0 spiro atoms. The molecule has 31 heavy (non-hydrogen) atoms. The second kappa shape index (κ2) is 10.1. The number of ether oxygens (including phenoxy) is 2. The van der Waals surface area contributed by atoms with E-state index in [9.17, 15) is 9.59 Å². The number of thioether (sulfide) groups is 1. The lowest BCUT2D eigenvalue weighted by molar-refractivity contribution is -0.113. The Kier molecular flexibility index (Phi) is 7.46. The fourth-order valence-electron chi connectivity index (χ4n) is 3.06. The molecule has 0 unspecified atom stereocenters. The number of hydrogen-bond donors (Lipinski definition) is 1.